The van der Waals surface area contributed by atoms with Crippen molar-refractivity contribution >= 4 is 6.03 Å². The first kappa shape index (κ1) is 8.84. The maximum atomic E-state index is 11.3. The Morgan fingerprint density at radius 1 is 1.50 bits per heavy atom. The van der Waals surface area contributed by atoms with Crippen molar-refractivity contribution in [3.8, 4) is 0 Å². The highest BCUT2D eigenvalue weighted by Gasteiger charge is 2.10. The smallest absolute Gasteiger partial charge is 0.321 e. The Kier molecular flexibility index (Phi) is 2.91. The molecule has 1 aliphatic rings. The molecule has 3 nitrogen and oxygen atoms in total. The number of nitrogens with one attached hydrogen (secondary N) is 1. The summed E-state index contributed by atoms with van der Waals surface area (Å²) in [5, 5.41) is 2.81. The maximum absolute atomic E-state index is 11.3. The number of hydrogen-bond acceptors (Lipinski definition) is 1. The first-order valence-electron chi connectivity index (χ1n) is 4.10. The summed E-state index contributed by atoms with van der Waals surface area (Å²) in [5.74, 6) is 0. The molecule has 0 bridgehead atoms. The summed E-state index contributed by atoms with van der Waals surface area (Å²) < 4.78 is 0. The Labute approximate surface area is 72.7 Å². The summed E-state index contributed by atoms with van der Waals surface area (Å²) >= 11 is 0. The highest BCUT2D eigenvalue weighted by Crippen LogP contribution is 1.98. The quantitative estimate of drug-likeness (QED) is 0.629. The van der Waals surface area contributed by atoms with Crippen molar-refractivity contribution in [1.29, 1.82) is 0 Å². The fourth-order valence-electron chi connectivity index (χ4n) is 0.948. The number of allylic oxidation sites excluding steroid dienone is 2. The molecule has 0 unspecified atom stereocenters. The van der Waals surface area contributed by atoms with E-state index in [1.165, 1.54) is 0 Å². The predicted octanol–water partition coefficient (Wildman–Crippen LogP) is 1.49. The lowest BCUT2D eigenvalue weighted by atomic mass is 10.3. The number of nitrogens with zero attached hydrogens (tertiary/aromatic N) is 1. The summed E-state index contributed by atoms with van der Waals surface area (Å²) in [4.78, 5) is 13.0. The fourth-order valence-corrected chi connectivity index (χ4v) is 0.948. The highest BCUT2D eigenvalue weighted by molar-refractivity contribution is 5.76. The van der Waals surface area contributed by atoms with E-state index < -0.39 is 0 Å². The largest absolute Gasteiger partial charge is 0.336 e. The van der Waals surface area contributed by atoms with Gasteiger partial charge in [0.1, 0.15) is 0 Å². The Bertz CT molecular complexity index is 219. The van der Waals surface area contributed by atoms with Crippen LogP contribution in [-0.2, 0) is 0 Å². The Hall–Kier alpha value is -1.25. The van der Waals surface area contributed by atoms with Crippen LogP contribution in [0.15, 0.2) is 24.4 Å². The minimum absolute atomic E-state index is 0.0365. The van der Waals surface area contributed by atoms with E-state index in [0.717, 1.165) is 0 Å². The molecule has 12 heavy (non-hydrogen) atoms. The lowest BCUT2D eigenvalue weighted by molar-refractivity contribution is 0.216. The molecule has 66 valence electrons. The Morgan fingerprint density at radius 3 is 2.75 bits per heavy atom. The molecule has 0 aromatic heterocycles. The summed E-state index contributed by atoms with van der Waals surface area (Å²) in [6, 6.07) is 0.155. The zero-order valence-electron chi connectivity index (χ0n) is 7.45. The van der Waals surface area contributed by atoms with Crippen LogP contribution in [0.1, 0.15) is 13.8 Å². The SMILES string of the molecule is CC(C)NC(=O)N1C=CC=CC1. The van der Waals surface area contributed by atoms with Gasteiger partial charge in [-0.15, -0.1) is 0 Å². The molecular formula is C9H14N2O. The van der Waals surface area contributed by atoms with Crippen molar-refractivity contribution in [1.82, 2.24) is 10.2 Å². The van der Waals surface area contributed by atoms with E-state index in [1.54, 1.807) is 11.1 Å². The first-order valence-corrected chi connectivity index (χ1v) is 4.10. The molecule has 0 atom stereocenters. The van der Waals surface area contributed by atoms with E-state index in [9.17, 15) is 4.79 Å². The van der Waals surface area contributed by atoms with Crippen molar-refractivity contribution < 1.29 is 4.79 Å². The van der Waals surface area contributed by atoms with Gasteiger partial charge >= 0.3 is 6.03 Å². The predicted molar refractivity (Wildman–Crippen MR) is 48.7 cm³/mol. The lowest BCUT2D eigenvalue weighted by Crippen LogP contribution is -2.40. The van der Waals surface area contributed by atoms with Gasteiger partial charge < -0.3 is 5.32 Å². The summed E-state index contributed by atoms with van der Waals surface area (Å²) in [5.41, 5.74) is 0. The fraction of sp³-hybridized carbons (Fsp3) is 0.444. The molecule has 1 rings (SSSR count). The maximum Gasteiger partial charge on any atom is 0.321 e. The van der Waals surface area contributed by atoms with Gasteiger partial charge in [0, 0.05) is 18.8 Å². The van der Waals surface area contributed by atoms with E-state index in [2.05, 4.69) is 5.32 Å². The molecule has 2 amide bonds. The number of amides is 2. The van der Waals surface area contributed by atoms with Gasteiger partial charge in [-0.2, -0.15) is 0 Å². The molecule has 1 N–H and O–H groups in total. The van der Waals surface area contributed by atoms with Crippen molar-refractivity contribution in [2.45, 2.75) is 19.9 Å². The van der Waals surface area contributed by atoms with Crippen molar-refractivity contribution in [3.05, 3.63) is 24.4 Å². The third kappa shape index (κ3) is 2.42. The van der Waals surface area contributed by atoms with Gasteiger partial charge in [-0.3, -0.25) is 4.90 Å². The third-order valence-electron chi connectivity index (χ3n) is 1.49. The van der Waals surface area contributed by atoms with Crippen LogP contribution in [0.3, 0.4) is 0 Å². The van der Waals surface area contributed by atoms with Gasteiger partial charge in [0.15, 0.2) is 0 Å². The van der Waals surface area contributed by atoms with Gasteiger partial charge in [0.2, 0.25) is 0 Å². The molecule has 1 heterocycles. The van der Waals surface area contributed by atoms with Crippen LogP contribution in [0.5, 0.6) is 0 Å². The van der Waals surface area contributed by atoms with Crippen LogP contribution in [0.25, 0.3) is 0 Å². The van der Waals surface area contributed by atoms with Crippen molar-refractivity contribution in [2.24, 2.45) is 0 Å². The minimum Gasteiger partial charge on any atom is -0.336 e. The molecule has 0 radical (unpaired) electrons. The van der Waals surface area contributed by atoms with E-state index in [1.807, 2.05) is 32.1 Å². The number of rotatable bonds is 1. The van der Waals surface area contributed by atoms with Crippen LogP contribution < -0.4 is 5.32 Å². The van der Waals surface area contributed by atoms with E-state index in [4.69, 9.17) is 0 Å². The number of carbonyl (C=O) groups excluding carboxylic acids is 1. The molecule has 0 fully saturated rings. The van der Waals surface area contributed by atoms with E-state index in [0.29, 0.717) is 6.54 Å². The average molecular weight is 166 g/mol. The van der Waals surface area contributed by atoms with Crippen LogP contribution >= 0.6 is 0 Å². The average Bonchev–Trinajstić information content (AvgIpc) is 2.05. The van der Waals surface area contributed by atoms with Gasteiger partial charge in [0.25, 0.3) is 0 Å². The second-order valence-electron chi connectivity index (χ2n) is 3.03. The standard InChI is InChI=1S/C9H14N2O/c1-8(2)10-9(12)11-6-4-3-5-7-11/h3-6,8H,7H2,1-2H3,(H,10,12). The van der Waals surface area contributed by atoms with Gasteiger partial charge in [-0.05, 0) is 19.9 Å². The normalized spacial score (nSPS) is 15.4. The van der Waals surface area contributed by atoms with E-state index >= 15 is 0 Å². The van der Waals surface area contributed by atoms with Crippen molar-refractivity contribution in [3.63, 3.8) is 0 Å². The highest BCUT2D eigenvalue weighted by atomic mass is 16.2. The third-order valence-corrected chi connectivity index (χ3v) is 1.49. The second-order valence-corrected chi connectivity index (χ2v) is 3.03. The monoisotopic (exact) mass is 166 g/mol. The molecule has 3 heteroatoms. The van der Waals surface area contributed by atoms with Crippen LogP contribution in [0, 0.1) is 0 Å². The molecule has 0 saturated carbocycles. The molecule has 0 spiro atoms. The Balaban J connectivity index is 2.42. The van der Waals surface area contributed by atoms with Gasteiger partial charge in [-0.1, -0.05) is 12.2 Å². The lowest BCUT2D eigenvalue weighted by Gasteiger charge is -2.20. The summed E-state index contributed by atoms with van der Waals surface area (Å²) in [7, 11) is 0. The molecule has 0 aliphatic carbocycles. The molecule has 1 aliphatic heterocycles. The van der Waals surface area contributed by atoms with Crippen molar-refractivity contribution in [2.75, 3.05) is 6.54 Å². The van der Waals surface area contributed by atoms with Gasteiger partial charge in [0.05, 0.1) is 0 Å². The summed E-state index contributed by atoms with van der Waals surface area (Å²) in [6.45, 7) is 4.55. The molecule has 0 aromatic carbocycles. The number of urea groups is 1. The second kappa shape index (κ2) is 3.95. The molecule has 0 saturated heterocycles. The molecule has 0 aromatic rings. The van der Waals surface area contributed by atoms with Crippen LogP contribution in [0.2, 0.25) is 0 Å². The van der Waals surface area contributed by atoms with Crippen LogP contribution in [0.4, 0.5) is 4.79 Å². The first-order chi connectivity index (χ1) is 5.70. The number of carbonyl (C=O) groups is 1. The topological polar surface area (TPSA) is 32.3 Å². The Morgan fingerprint density at radius 2 is 2.25 bits per heavy atom. The van der Waals surface area contributed by atoms with Gasteiger partial charge in [-0.25, -0.2) is 4.79 Å². The zero-order chi connectivity index (χ0) is 8.97. The minimum atomic E-state index is -0.0365. The number of hydrogen-bond donors (Lipinski definition) is 1. The zero-order valence-corrected chi connectivity index (χ0v) is 7.45. The molecular weight excluding hydrogens is 152 g/mol. The van der Waals surface area contributed by atoms with Crippen LogP contribution in [-0.4, -0.2) is 23.5 Å². The summed E-state index contributed by atoms with van der Waals surface area (Å²) in [6.07, 6.45) is 7.50. The van der Waals surface area contributed by atoms with E-state index in [-0.39, 0.29) is 12.1 Å².